The number of hydrogen-bond acceptors (Lipinski definition) is 3. The van der Waals surface area contributed by atoms with Gasteiger partial charge in [0.25, 0.3) is 0 Å². The number of aromatic amines is 1. The molecular weight excluding hydrogens is 301 g/mol. The fraction of sp³-hybridized carbons (Fsp3) is 0. The number of H-pyrrole nitrogens is 1. The van der Waals surface area contributed by atoms with Crippen LogP contribution in [0, 0.1) is 0 Å². The van der Waals surface area contributed by atoms with E-state index in [4.69, 9.17) is 5.11 Å². The minimum absolute atomic E-state index is 0. The molecule has 0 aliphatic carbocycles. The lowest BCUT2D eigenvalue weighted by atomic mass is 10.1. The van der Waals surface area contributed by atoms with Crippen molar-refractivity contribution in [2.45, 2.75) is 0 Å². The Morgan fingerprint density at radius 1 is 1.15 bits per heavy atom. The summed E-state index contributed by atoms with van der Waals surface area (Å²) < 4.78 is 0. The zero-order valence-corrected chi connectivity index (χ0v) is 11.7. The molecule has 5 nitrogen and oxygen atoms in total. The lowest BCUT2D eigenvalue weighted by Gasteiger charge is -1.98. The number of hydrogen-bond donors (Lipinski definition) is 2. The third kappa shape index (κ3) is 2.59. The first-order valence-corrected chi connectivity index (χ1v) is 5.38. The van der Waals surface area contributed by atoms with Crippen LogP contribution >= 0.6 is 24.8 Å². The average molecular weight is 312 g/mol. The number of benzene rings is 1. The van der Waals surface area contributed by atoms with E-state index in [0.29, 0.717) is 11.2 Å². The fourth-order valence-corrected chi connectivity index (χ4v) is 1.94. The van der Waals surface area contributed by atoms with Crippen molar-refractivity contribution in [3.8, 4) is 11.3 Å². The molecule has 0 radical (unpaired) electrons. The van der Waals surface area contributed by atoms with Gasteiger partial charge >= 0.3 is 5.97 Å². The van der Waals surface area contributed by atoms with Crippen molar-refractivity contribution in [2.24, 2.45) is 0 Å². The molecule has 0 spiro atoms. The maximum atomic E-state index is 11.1. The molecule has 3 rings (SSSR count). The largest absolute Gasteiger partial charge is 0.478 e. The minimum Gasteiger partial charge on any atom is -0.478 e. The summed E-state index contributed by atoms with van der Waals surface area (Å²) in [5, 5.41) is 16.8. The predicted molar refractivity (Wildman–Crippen MR) is 80.8 cm³/mol. The molecule has 104 valence electrons. The zero-order chi connectivity index (χ0) is 12.5. The SMILES string of the molecule is Cl.Cl.O=C(O)c1cccc2c(-c3cccnc3)n[nH]c12. The number of carboxylic acids is 1. The summed E-state index contributed by atoms with van der Waals surface area (Å²) in [4.78, 5) is 15.1. The molecule has 0 saturated heterocycles. The van der Waals surface area contributed by atoms with Crippen LogP contribution in [-0.2, 0) is 0 Å². The van der Waals surface area contributed by atoms with Gasteiger partial charge in [-0.05, 0) is 18.2 Å². The number of nitrogens with one attached hydrogen (secondary N) is 1. The lowest BCUT2D eigenvalue weighted by Crippen LogP contribution is -1.96. The highest BCUT2D eigenvalue weighted by Gasteiger charge is 2.14. The molecule has 0 fully saturated rings. The summed E-state index contributed by atoms with van der Waals surface area (Å²) in [7, 11) is 0. The van der Waals surface area contributed by atoms with Gasteiger partial charge in [-0.15, -0.1) is 24.8 Å². The maximum Gasteiger partial charge on any atom is 0.337 e. The van der Waals surface area contributed by atoms with Crippen LogP contribution in [0.4, 0.5) is 0 Å². The minimum atomic E-state index is -0.970. The normalized spacial score (nSPS) is 9.60. The van der Waals surface area contributed by atoms with Gasteiger partial charge in [0.2, 0.25) is 0 Å². The molecule has 0 saturated carbocycles. The Kier molecular flexibility index (Phi) is 5.07. The number of carbonyl (C=O) groups is 1. The van der Waals surface area contributed by atoms with Crippen molar-refractivity contribution in [3.05, 3.63) is 48.3 Å². The molecule has 20 heavy (non-hydrogen) atoms. The average Bonchev–Trinajstić information content (AvgIpc) is 2.83. The van der Waals surface area contributed by atoms with E-state index in [9.17, 15) is 4.79 Å². The van der Waals surface area contributed by atoms with E-state index < -0.39 is 5.97 Å². The summed E-state index contributed by atoms with van der Waals surface area (Å²) in [6.07, 6.45) is 3.38. The molecule has 1 aromatic carbocycles. The third-order valence-electron chi connectivity index (χ3n) is 2.76. The Labute approximate surface area is 126 Å². The first-order valence-electron chi connectivity index (χ1n) is 5.38. The summed E-state index contributed by atoms with van der Waals surface area (Å²) in [5.74, 6) is -0.970. The van der Waals surface area contributed by atoms with Crippen molar-refractivity contribution in [1.29, 1.82) is 0 Å². The molecule has 0 unspecified atom stereocenters. The first kappa shape index (κ1) is 15.9. The molecule has 0 bridgehead atoms. The van der Waals surface area contributed by atoms with Crippen LogP contribution in [0.3, 0.4) is 0 Å². The van der Waals surface area contributed by atoms with Crippen molar-refractivity contribution in [2.75, 3.05) is 0 Å². The van der Waals surface area contributed by atoms with Crippen LogP contribution in [0.1, 0.15) is 10.4 Å². The van der Waals surface area contributed by atoms with Gasteiger partial charge in [0, 0.05) is 23.3 Å². The van der Waals surface area contributed by atoms with Crippen LogP contribution in [0.15, 0.2) is 42.7 Å². The second kappa shape index (κ2) is 6.36. The number of carboxylic acid groups (broad SMARTS) is 1. The highest BCUT2D eigenvalue weighted by atomic mass is 35.5. The van der Waals surface area contributed by atoms with E-state index in [1.807, 2.05) is 18.2 Å². The monoisotopic (exact) mass is 311 g/mol. The quantitative estimate of drug-likeness (QED) is 0.762. The second-order valence-corrected chi connectivity index (χ2v) is 3.85. The fourth-order valence-electron chi connectivity index (χ4n) is 1.94. The van der Waals surface area contributed by atoms with Crippen LogP contribution in [-0.4, -0.2) is 26.3 Å². The Bertz CT molecular complexity index is 729. The summed E-state index contributed by atoms with van der Waals surface area (Å²) in [5.41, 5.74) is 2.31. The predicted octanol–water partition coefficient (Wildman–Crippen LogP) is 3.17. The van der Waals surface area contributed by atoms with E-state index in [0.717, 1.165) is 10.9 Å². The third-order valence-corrected chi connectivity index (χ3v) is 2.76. The van der Waals surface area contributed by atoms with Crippen LogP contribution < -0.4 is 0 Å². The van der Waals surface area contributed by atoms with E-state index in [1.54, 1.807) is 24.5 Å². The number of halogens is 2. The molecule has 0 aliphatic heterocycles. The number of aromatic carboxylic acids is 1. The number of fused-ring (bicyclic) bond motifs is 1. The number of pyridine rings is 1. The van der Waals surface area contributed by atoms with Crippen LogP contribution in [0.5, 0.6) is 0 Å². The van der Waals surface area contributed by atoms with E-state index >= 15 is 0 Å². The maximum absolute atomic E-state index is 11.1. The van der Waals surface area contributed by atoms with Crippen molar-refractivity contribution in [3.63, 3.8) is 0 Å². The number of nitrogens with zero attached hydrogens (tertiary/aromatic N) is 2. The highest BCUT2D eigenvalue weighted by molar-refractivity contribution is 6.05. The molecule has 2 N–H and O–H groups in total. The zero-order valence-electron chi connectivity index (χ0n) is 10.1. The van der Waals surface area contributed by atoms with Gasteiger partial charge in [-0.3, -0.25) is 10.1 Å². The summed E-state index contributed by atoms with van der Waals surface area (Å²) >= 11 is 0. The van der Waals surface area contributed by atoms with Crippen molar-refractivity contribution in [1.82, 2.24) is 15.2 Å². The number of rotatable bonds is 2. The van der Waals surface area contributed by atoms with E-state index in [2.05, 4.69) is 15.2 Å². The van der Waals surface area contributed by atoms with Crippen molar-refractivity contribution >= 4 is 41.7 Å². The smallest absolute Gasteiger partial charge is 0.337 e. The lowest BCUT2D eigenvalue weighted by molar-refractivity contribution is 0.0699. The molecule has 0 aliphatic rings. The molecular formula is C13H11Cl2N3O2. The van der Waals surface area contributed by atoms with Crippen LogP contribution in [0.25, 0.3) is 22.2 Å². The van der Waals surface area contributed by atoms with Gasteiger partial charge in [0.05, 0.1) is 11.1 Å². The Morgan fingerprint density at radius 3 is 2.60 bits per heavy atom. The molecule has 2 aromatic heterocycles. The standard InChI is InChI=1S/C13H9N3O2.2ClH/c17-13(18)10-5-1-4-9-11(15-16-12(9)10)8-3-2-6-14-7-8;;/h1-7H,(H,15,16)(H,17,18);2*1H. The molecule has 2 heterocycles. The number of para-hydroxylation sites is 1. The molecule has 0 amide bonds. The number of aromatic nitrogens is 3. The van der Waals surface area contributed by atoms with E-state index in [-0.39, 0.29) is 30.4 Å². The second-order valence-electron chi connectivity index (χ2n) is 3.85. The van der Waals surface area contributed by atoms with Crippen LogP contribution in [0.2, 0.25) is 0 Å². The molecule has 0 atom stereocenters. The Hall–Kier alpha value is -2.11. The van der Waals surface area contributed by atoms with Gasteiger partial charge in [0.1, 0.15) is 5.69 Å². The van der Waals surface area contributed by atoms with Gasteiger partial charge < -0.3 is 5.11 Å². The highest BCUT2D eigenvalue weighted by Crippen LogP contribution is 2.27. The summed E-state index contributed by atoms with van der Waals surface area (Å²) in [6.45, 7) is 0. The van der Waals surface area contributed by atoms with E-state index in [1.165, 1.54) is 0 Å². The topological polar surface area (TPSA) is 78.9 Å². The van der Waals surface area contributed by atoms with Gasteiger partial charge in [-0.1, -0.05) is 12.1 Å². The van der Waals surface area contributed by atoms with Gasteiger partial charge in [-0.2, -0.15) is 5.10 Å². The molecule has 3 aromatic rings. The Morgan fingerprint density at radius 2 is 1.95 bits per heavy atom. The molecule has 7 heteroatoms. The first-order chi connectivity index (χ1) is 8.77. The Balaban J connectivity index is 0.000001000. The van der Waals surface area contributed by atoms with Gasteiger partial charge in [0.15, 0.2) is 0 Å². The summed E-state index contributed by atoms with van der Waals surface area (Å²) in [6, 6.07) is 8.80. The van der Waals surface area contributed by atoms with Gasteiger partial charge in [-0.25, -0.2) is 4.79 Å². The van der Waals surface area contributed by atoms with Crippen molar-refractivity contribution < 1.29 is 9.90 Å².